The minimum absolute atomic E-state index is 0.0382. The monoisotopic (exact) mass is 352 g/mol. The molecule has 2 heterocycles. The molecule has 0 radical (unpaired) electrons. The van der Waals surface area contributed by atoms with Gasteiger partial charge < -0.3 is 20.4 Å². The van der Waals surface area contributed by atoms with E-state index in [0.717, 1.165) is 17.6 Å². The SMILES string of the molecule is O=C(CN1CC2CNCCN2C1=O)Nc1ccccc1Br. The van der Waals surface area contributed by atoms with E-state index in [1.54, 1.807) is 4.90 Å². The van der Waals surface area contributed by atoms with Crippen LogP contribution in [0.25, 0.3) is 0 Å². The molecule has 0 spiro atoms. The fraction of sp³-hybridized carbons (Fsp3) is 0.429. The van der Waals surface area contributed by atoms with Crippen molar-refractivity contribution in [3.63, 3.8) is 0 Å². The van der Waals surface area contributed by atoms with Crippen molar-refractivity contribution in [3.05, 3.63) is 28.7 Å². The summed E-state index contributed by atoms with van der Waals surface area (Å²) in [4.78, 5) is 27.8. The van der Waals surface area contributed by atoms with E-state index in [0.29, 0.717) is 18.8 Å². The van der Waals surface area contributed by atoms with Crippen molar-refractivity contribution < 1.29 is 9.59 Å². The van der Waals surface area contributed by atoms with Crippen LogP contribution in [0.2, 0.25) is 0 Å². The molecule has 1 aromatic carbocycles. The number of carbonyl (C=O) groups excluding carboxylic acids is 2. The van der Waals surface area contributed by atoms with Crippen LogP contribution in [0.3, 0.4) is 0 Å². The molecule has 6 nitrogen and oxygen atoms in total. The van der Waals surface area contributed by atoms with Gasteiger partial charge in [0.1, 0.15) is 6.54 Å². The van der Waals surface area contributed by atoms with Gasteiger partial charge in [0.05, 0.1) is 11.7 Å². The van der Waals surface area contributed by atoms with Gasteiger partial charge in [-0.1, -0.05) is 12.1 Å². The van der Waals surface area contributed by atoms with Gasteiger partial charge in [0.25, 0.3) is 0 Å². The molecule has 112 valence electrons. The van der Waals surface area contributed by atoms with Crippen molar-refractivity contribution in [2.75, 3.05) is 38.0 Å². The second-order valence-corrected chi connectivity index (χ2v) is 6.10. The maximum atomic E-state index is 12.2. The zero-order valence-corrected chi connectivity index (χ0v) is 13.1. The number of urea groups is 1. The largest absolute Gasteiger partial charge is 0.324 e. The predicted molar refractivity (Wildman–Crippen MR) is 83.1 cm³/mol. The van der Waals surface area contributed by atoms with E-state index in [4.69, 9.17) is 0 Å². The van der Waals surface area contributed by atoms with E-state index < -0.39 is 0 Å². The Labute approximate surface area is 131 Å². The third kappa shape index (κ3) is 3.03. The third-order valence-corrected chi connectivity index (χ3v) is 4.47. The molecule has 2 fully saturated rings. The Kier molecular flexibility index (Phi) is 4.12. The average Bonchev–Trinajstić information content (AvgIpc) is 2.78. The molecular formula is C14H17BrN4O2. The van der Waals surface area contributed by atoms with Crippen LogP contribution in [0.5, 0.6) is 0 Å². The number of hydrogen-bond acceptors (Lipinski definition) is 3. The van der Waals surface area contributed by atoms with Crippen LogP contribution in [-0.4, -0.2) is 60.5 Å². The molecule has 7 heteroatoms. The first-order valence-electron chi connectivity index (χ1n) is 6.96. The number of halogens is 1. The highest BCUT2D eigenvalue weighted by Crippen LogP contribution is 2.22. The number of para-hydroxylation sites is 1. The van der Waals surface area contributed by atoms with Crippen LogP contribution < -0.4 is 10.6 Å². The number of nitrogens with zero attached hydrogens (tertiary/aromatic N) is 2. The van der Waals surface area contributed by atoms with Gasteiger partial charge in [0, 0.05) is 30.7 Å². The maximum Gasteiger partial charge on any atom is 0.320 e. The van der Waals surface area contributed by atoms with E-state index in [-0.39, 0.29) is 24.5 Å². The summed E-state index contributed by atoms with van der Waals surface area (Å²) in [5.41, 5.74) is 0.716. The summed E-state index contributed by atoms with van der Waals surface area (Å²) in [5, 5.41) is 6.10. The van der Waals surface area contributed by atoms with Gasteiger partial charge in [-0.15, -0.1) is 0 Å². The molecule has 3 rings (SSSR count). The molecule has 0 aromatic heterocycles. The normalized spacial score (nSPS) is 21.4. The standard InChI is InChI=1S/C14H17BrN4O2/c15-11-3-1-2-4-12(11)17-13(20)9-18-8-10-7-16-5-6-19(10)14(18)21/h1-4,10,16H,5-9H2,(H,17,20). The van der Waals surface area contributed by atoms with Crippen LogP contribution in [0.1, 0.15) is 0 Å². The number of nitrogens with one attached hydrogen (secondary N) is 2. The van der Waals surface area contributed by atoms with Crippen LogP contribution in [0.4, 0.5) is 10.5 Å². The number of piperazine rings is 1. The van der Waals surface area contributed by atoms with Gasteiger partial charge >= 0.3 is 6.03 Å². The number of fused-ring (bicyclic) bond motifs is 1. The number of carbonyl (C=O) groups is 2. The molecule has 1 atom stereocenters. The van der Waals surface area contributed by atoms with Crippen LogP contribution >= 0.6 is 15.9 Å². The van der Waals surface area contributed by atoms with Crippen molar-refractivity contribution in [1.82, 2.24) is 15.1 Å². The number of hydrogen-bond donors (Lipinski definition) is 2. The first-order chi connectivity index (χ1) is 10.1. The number of benzene rings is 1. The average molecular weight is 353 g/mol. The minimum atomic E-state index is -0.178. The second kappa shape index (κ2) is 6.03. The molecule has 3 amide bonds. The smallest absolute Gasteiger partial charge is 0.320 e. The Balaban J connectivity index is 1.60. The first-order valence-corrected chi connectivity index (χ1v) is 7.75. The summed E-state index contributed by atoms with van der Waals surface area (Å²) < 4.78 is 0.827. The van der Waals surface area contributed by atoms with E-state index in [1.807, 2.05) is 29.2 Å². The summed E-state index contributed by atoms with van der Waals surface area (Å²) in [6.45, 7) is 3.03. The fourth-order valence-electron chi connectivity index (χ4n) is 2.75. The second-order valence-electron chi connectivity index (χ2n) is 5.24. The van der Waals surface area contributed by atoms with Crippen molar-refractivity contribution in [3.8, 4) is 0 Å². The highest BCUT2D eigenvalue weighted by molar-refractivity contribution is 9.10. The predicted octanol–water partition coefficient (Wildman–Crippen LogP) is 1.10. The summed E-state index contributed by atoms with van der Waals surface area (Å²) in [6.07, 6.45) is 0. The Morgan fingerprint density at radius 2 is 2.24 bits per heavy atom. The quantitative estimate of drug-likeness (QED) is 0.855. The molecule has 0 saturated carbocycles. The number of anilines is 1. The molecule has 2 N–H and O–H groups in total. The van der Waals surface area contributed by atoms with Gasteiger partial charge in [-0.3, -0.25) is 4.79 Å². The number of amides is 3. The van der Waals surface area contributed by atoms with E-state index >= 15 is 0 Å². The minimum Gasteiger partial charge on any atom is -0.324 e. The zero-order chi connectivity index (χ0) is 14.8. The van der Waals surface area contributed by atoms with Gasteiger partial charge in [0.15, 0.2) is 0 Å². The van der Waals surface area contributed by atoms with Gasteiger partial charge in [0.2, 0.25) is 5.91 Å². The van der Waals surface area contributed by atoms with Crippen molar-refractivity contribution in [1.29, 1.82) is 0 Å². The van der Waals surface area contributed by atoms with E-state index in [2.05, 4.69) is 26.6 Å². The molecule has 2 aliphatic heterocycles. The van der Waals surface area contributed by atoms with Gasteiger partial charge in [-0.25, -0.2) is 4.79 Å². The van der Waals surface area contributed by atoms with Crippen molar-refractivity contribution >= 4 is 33.6 Å². The lowest BCUT2D eigenvalue weighted by molar-refractivity contribution is -0.116. The molecule has 1 unspecified atom stereocenters. The molecule has 0 bridgehead atoms. The Bertz CT molecular complexity index is 566. The summed E-state index contributed by atoms with van der Waals surface area (Å²) in [6, 6.07) is 7.57. The van der Waals surface area contributed by atoms with E-state index in [9.17, 15) is 9.59 Å². The van der Waals surface area contributed by atoms with Crippen LogP contribution in [-0.2, 0) is 4.79 Å². The molecular weight excluding hydrogens is 336 g/mol. The summed E-state index contributed by atoms with van der Waals surface area (Å²) in [5.74, 6) is -0.178. The lowest BCUT2D eigenvalue weighted by atomic mass is 10.2. The Hall–Kier alpha value is -1.60. The van der Waals surface area contributed by atoms with Gasteiger partial charge in [-0.05, 0) is 28.1 Å². The number of rotatable bonds is 3. The highest BCUT2D eigenvalue weighted by atomic mass is 79.9. The Morgan fingerprint density at radius 3 is 3.00 bits per heavy atom. The summed E-state index contributed by atoms with van der Waals surface area (Å²) in [7, 11) is 0. The summed E-state index contributed by atoms with van der Waals surface area (Å²) >= 11 is 3.39. The third-order valence-electron chi connectivity index (χ3n) is 3.78. The highest BCUT2D eigenvalue weighted by Gasteiger charge is 2.38. The van der Waals surface area contributed by atoms with Crippen molar-refractivity contribution in [2.45, 2.75) is 6.04 Å². The molecule has 1 aromatic rings. The van der Waals surface area contributed by atoms with Gasteiger partial charge in [-0.2, -0.15) is 0 Å². The van der Waals surface area contributed by atoms with E-state index in [1.165, 1.54) is 0 Å². The molecule has 2 saturated heterocycles. The molecule has 21 heavy (non-hydrogen) atoms. The molecule has 0 aliphatic carbocycles. The maximum absolute atomic E-state index is 12.2. The lowest BCUT2D eigenvalue weighted by Crippen LogP contribution is -2.49. The topological polar surface area (TPSA) is 64.7 Å². The Morgan fingerprint density at radius 1 is 1.43 bits per heavy atom. The lowest BCUT2D eigenvalue weighted by Gasteiger charge is -2.28. The fourth-order valence-corrected chi connectivity index (χ4v) is 3.13. The molecule has 2 aliphatic rings. The van der Waals surface area contributed by atoms with Crippen LogP contribution in [0, 0.1) is 0 Å². The first kappa shape index (κ1) is 14.3. The van der Waals surface area contributed by atoms with Crippen molar-refractivity contribution in [2.24, 2.45) is 0 Å². The zero-order valence-electron chi connectivity index (χ0n) is 11.5. The van der Waals surface area contributed by atoms with Crippen LogP contribution in [0.15, 0.2) is 28.7 Å².